The van der Waals surface area contributed by atoms with Crippen LogP contribution in [0.25, 0.3) is 16.8 Å². The first-order valence-corrected chi connectivity index (χ1v) is 10.5. The topological polar surface area (TPSA) is 79.2 Å². The Kier molecular flexibility index (Phi) is 5.77. The van der Waals surface area contributed by atoms with E-state index in [1.807, 2.05) is 49.4 Å². The number of amidine groups is 1. The third-order valence-electron chi connectivity index (χ3n) is 4.97. The molecule has 0 spiro atoms. The molecule has 1 aliphatic rings. The van der Waals surface area contributed by atoms with Crippen LogP contribution in [0.2, 0.25) is 0 Å². The molecule has 0 aliphatic carbocycles. The first kappa shape index (κ1) is 20.7. The van der Waals surface area contributed by atoms with Gasteiger partial charge in [0.1, 0.15) is 5.75 Å². The number of carboxylic acids is 1. The normalized spacial score (nSPS) is 16.5. The van der Waals surface area contributed by atoms with Crippen molar-refractivity contribution >= 4 is 51.3 Å². The fourth-order valence-electron chi connectivity index (χ4n) is 3.39. The number of rotatable bonds is 5. The van der Waals surface area contributed by atoms with Crippen LogP contribution in [0.4, 0.5) is 5.69 Å². The minimum Gasteiger partial charge on any atom is -0.496 e. The zero-order chi connectivity index (χ0) is 22.0. The van der Waals surface area contributed by atoms with Gasteiger partial charge < -0.3 is 9.84 Å². The molecule has 31 heavy (non-hydrogen) atoms. The van der Waals surface area contributed by atoms with Crippen LogP contribution in [-0.4, -0.2) is 40.7 Å². The Morgan fingerprint density at radius 3 is 2.55 bits per heavy atom. The fourth-order valence-corrected chi connectivity index (χ4v) is 4.44. The van der Waals surface area contributed by atoms with Crippen molar-refractivity contribution in [1.29, 1.82) is 0 Å². The lowest BCUT2D eigenvalue weighted by Crippen LogP contribution is -2.28. The molecule has 3 aromatic rings. The molecule has 1 aliphatic heterocycles. The number of fused-ring (bicyclic) bond motifs is 1. The maximum Gasteiger partial charge on any atom is 0.335 e. The molecule has 4 rings (SSSR count). The molecule has 0 atom stereocenters. The number of aliphatic imine (C=N–C) groups is 1. The standard InChI is InChI=1S/C24H20N2O4S/c1-3-26-22(27)21(31-24(26)25-17-11-8-16(9-12-17)23(28)29)14-19-18-7-5-4-6-15(18)10-13-20(19)30-2/h4-14H,3H2,1-2H3,(H,28,29). The number of nitrogens with zero attached hydrogens (tertiary/aromatic N) is 2. The van der Waals surface area contributed by atoms with Gasteiger partial charge in [-0.2, -0.15) is 0 Å². The molecular formula is C24H20N2O4S. The van der Waals surface area contributed by atoms with E-state index in [0.29, 0.717) is 28.1 Å². The molecule has 0 radical (unpaired) electrons. The number of thioether (sulfide) groups is 1. The molecule has 7 heteroatoms. The molecule has 3 aromatic carbocycles. The molecule has 6 nitrogen and oxygen atoms in total. The Morgan fingerprint density at radius 1 is 1.13 bits per heavy atom. The highest BCUT2D eigenvalue weighted by molar-refractivity contribution is 8.18. The Hall–Kier alpha value is -3.58. The molecule has 1 N–H and O–H groups in total. The van der Waals surface area contributed by atoms with Crippen molar-refractivity contribution in [2.45, 2.75) is 6.92 Å². The van der Waals surface area contributed by atoms with Gasteiger partial charge in [0.05, 0.1) is 23.3 Å². The predicted octanol–water partition coefficient (Wildman–Crippen LogP) is 5.17. The summed E-state index contributed by atoms with van der Waals surface area (Å²) < 4.78 is 5.55. The number of hydrogen-bond acceptors (Lipinski definition) is 5. The number of carboxylic acid groups (broad SMARTS) is 1. The molecule has 0 unspecified atom stereocenters. The van der Waals surface area contributed by atoms with Crippen LogP contribution in [0.5, 0.6) is 5.75 Å². The minimum atomic E-state index is -0.992. The summed E-state index contributed by atoms with van der Waals surface area (Å²) in [5.41, 5.74) is 1.62. The van der Waals surface area contributed by atoms with Gasteiger partial charge in [0.25, 0.3) is 5.91 Å². The van der Waals surface area contributed by atoms with Crippen LogP contribution in [-0.2, 0) is 4.79 Å². The van der Waals surface area contributed by atoms with Gasteiger partial charge in [-0.1, -0.05) is 30.3 Å². The van der Waals surface area contributed by atoms with E-state index in [2.05, 4.69) is 4.99 Å². The quantitative estimate of drug-likeness (QED) is 0.563. The smallest absolute Gasteiger partial charge is 0.335 e. The number of aromatic carboxylic acids is 1. The molecule has 0 aromatic heterocycles. The summed E-state index contributed by atoms with van der Waals surface area (Å²) >= 11 is 1.29. The number of carbonyl (C=O) groups is 2. The van der Waals surface area contributed by atoms with Crippen molar-refractivity contribution in [3.8, 4) is 5.75 Å². The summed E-state index contributed by atoms with van der Waals surface area (Å²) in [6.07, 6.45) is 1.85. The van der Waals surface area contributed by atoms with Crippen molar-refractivity contribution in [2.75, 3.05) is 13.7 Å². The summed E-state index contributed by atoms with van der Waals surface area (Å²) in [7, 11) is 1.61. The van der Waals surface area contributed by atoms with Gasteiger partial charge >= 0.3 is 5.97 Å². The predicted molar refractivity (Wildman–Crippen MR) is 124 cm³/mol. The van der Waals surface area contributed by atoms with Crippen molar-refractivity contribution in [3.05, 3.63) is 76.7 Å². The average molecular weight is 433 g/mol. The van der Waals surface area contributed by atoms with Crippen LogP contribution >= 0.6 is 11.8 Å². The van der Waals surface area contributed by atoms with Crippen molar-refractivity contribution in [2.24, 2.45) is 4.99 Å². The second-order valence-corrected chi connectivity index (χ2v) is 7.82. The number of amides is 1. The second-order valence-electron chi connectivity index (χ2n) is 6.81. The summed E-state index contributed by atoms with van der Waals surface area (Å²) in [6.45, 7) is 2.37. The summed E-state index contributed by atoms with van der Waals surface area (Å²) in [5.74, 6) is -0.422. The molecule has 0 bridgehead atoms. The molecule has 1 fully saturated rings. The lowest BCUT2D eigenvalue weighted by atomic mass is 10.0. The molecule has 1 saturated heterocycles. The van der Waals surface area contributed by atoms with E-state index in [4.69, 9.17) is 9.84 Å². The van der Waals surface area contributed by atoms with Gasteiger partial charge in [-0.25, -0.2) is 9.79 Å². The molecular weight excluding hydrogens is 412 g/mol. The second kappa shape index (κ2) is 8.65. The van der Waals surface area contributed by atoms with E-state index in [-0.39, 0.29) is 11.5 Å². The monoisotopic (exact) mass is 432 g/mol. The van der Waals surface area contributed by atoms with Crippen LogP contribution in [0.15, 0.2) is 70.6 Å². The van der Waals surface area contributed by atoms with Gasteiger partial charge in [0, 0.05) is 12.1 Å². The van der Waals surface area contributed by atoms with Gasteiger partial charge in [-0.3, -0.25) is 9.69 Å². The largest absolute Gasteiger partial charge is 0.496 e. The number of benzene rings is 3. The number of carbonyl (C=O) groups excluding carboxylic acids is 1. The van der Waals surface area contributed by atoms with Crippen LogP contribution in [0, 0.1) is 0 Å². The van der Waals surface area contributed by atoms with Crippen molar-refractivity contribution in [3.63, 3.8) is 0 Å². The third kappa shape index (κ3) is 4.04. The average Bonchev–Trinajstić information content (AvgIpc) is 3.08. The summed E-state index contributed by atoms with van der Waals surface area (Å²) in [5, 5.41) is 11.7. The van der Waals surface area contributed by atoms with E-state index in [9.17, 15) is 9.59 Å². The number of methoxy groups -OCH3 is 1. The third-order valence-corrected chi connectivity index (χ3v) is 5.98. The zero-order valence-corrected chi connectivity index (χ0v) is 17.8. The minimum absolute atomic E-state index is 0.122. The van der Waals surface area contributed by atoms with E-state index in [0.717, 1.165) is 16.3 Å². The van der Waals surface area contributed by atoms with Gasteiger partial charge in [0.2, 0.25) is 0 Å². The van der Waals surface area contributed by atoms with E-state index in [1.165, 1.54) is 23.9 Å². The van der Waals surface area contributed by atoms with Crippen molar-refractivity contribution < 1.29 is 19.4 Å². The first-order valence-electron chi connectivity index (χ1n) is 9.71. The lowest BCUT2D eigenvalue weighted by Gasteiger charge is -2.12. The van der Waals surface area contributed by atoms with Gasteiger partial charge in [-0.05, 0) is 65.9 Å². The molecule has 156 valence electrons. The Bertz CT molecular complexity index is 1230. The highest BCUT2D eigenvalue weighted by Crippen LogP contribution is 2.37. The van der Waals surface area contributed by atoms with E-state index < -0.39 is 5.97 Å². The van der Waals surface area contributed by atoms with E-state index >= 15 is 0 Å². The van der Waals surface area contributed by atoms with Crippen LogP contribution in [0.1, 0.15) is 22.8 Å². The number of hydrogen-bond donors (Lipinski definition) is 1. The molecule has 1 amide bonds. The lowest BCUT2D eigenvalue weighted by molar-refractivity contribution is -0.122. The summed E-state index contributed by atoms with van der Waals surface area (Å²) in [4.78, 5) is 30.8. The number of ether oxygens (including phenoxy) is 1. The maximum absolute atomic E-state index is 13.1. The van der Waals surface area contributed by atoms with Crippen LogP contribution < -0.4 is 4.74 Å². The molecule has 1 heterocycles. The van der Waals surface area contributed by atoms with Gasteiger partial charge in [0.15, 0.2) is 5.17 Å². The van der Waals surface area contributed by atoms with Crippen molar-refractivity contribution in [1.82, 2.24) is 4.90 Å². The van der Waals surface area contributed by atoms with Crippen LogP contribution in [0.3, 0.4) is 0 Å². The molecule has 0 saturated carbocycles. The fraction of sp³-hybridized carbons (Fsp3) is 0.125. The van der Waals surface area contributed by atoms with E-state index in [1.54, 1.807) is 24.1 Å². The maximum atomic E-state index is 13.1. The Morgan fingerprint density at radius 2 is 1.87 bits per heavy atom. The Balaban J connectivity index is 1.74. The highest BCUT2D eigenvalue weighted by Gasteiger charge is 2.32. The van der Waals surface area contributed by atoms with Gasteiger partial charge in [-0.15, -0.1) is 0 Å². The Labute approximate surface area is 183 Å². The SMILES string of the molecule is CCN1C(=O)C(=Cc2c(OC)ccc3ccccc23)SC1=Nc1ccc(C(=O)O)cc1. The first-order chi connectivity index (χ1) is 15.0. The highest BCUT2D eigenvalue weighted by atomic mass is 32.2. The number of likely N-dealkylation sites (N-methyl/N-ethyl adjacent to an activating group) is 1. The zero-order valence-electron chi connectivity index (χ0n) is 17.0. The summed E-state index contributed by atoms with van der Waals surface area (Å²) in [6, 6.07) is 18.1.